The molecule has 0 amide bonds. The van der Waals surface area contributed by atoms with Crippen molar-refractivity contribution < 1.29 is 4.74 Å². The fraction of sp³-hybridized carbons (Fsp3) is 0.600. The Bertz CT molecular complexity index is 411. The van der Waals surface area contributed by atoms with Crippen LogP contribution in [0.15, 0.2) is 22.7 Å². The van der Waals surface area contributed by atoms with Crippen molar-refractivity contribution >= 4 is 21.6 Å². The van der Waals surface area contributed by atoms with E-state index in [4.69, 9.17) is 4.74 Å². The second-order valence-corrected chi connectivity index (χ2v) is 6.04. The maximum absolute atomic E-state index is 5.47. The molecule has 1 saturated heterocycles. The van der Waals surface area contributed by atoms with Gasteiger partial charge in [-0.1, -0.05) is 22.9 Å². The summed E-state index contributed by atoms with van der Waals surface area (Å²) in [6, 6.07) is 6.21. The van der Waals surface area contributed by atoms with E-state index in [0.29, 0.717) is 0 Å². The first-order valence-electron chi connectivity index (χ1n) is 7.03. The first-order valence-corrected chi connectivity index (χ1v) is 7.83. The molecule has 4 heteroatoms. The van der Waals surface area contributed by atoms with E-state index in [2.05, 4.69) is 39.1 Å². The highest BCUT2D eigenvalue weighted by atomic mass is 79.9. The minimum atomic E-state index is 0.746. The van der Waals surface area contributed by atoms with E-state index in [-0.39, 0.29) is 0 Å². The summed E-state index contributed by atoms with van der Waals surface area (Å²) in [4.78, 5) is 2.43. The number of nitrogens with zero attached hydrogens (tertiary/aromatic N) is 1. The van der Waals surface area contributed by atoms with E-state index >= 15 is 0 Å². The van der Waals surface area contributed by atoms with E-state index in [0.717, 1.165) is 42.3 Å². The van der Waals surface area contributed by atoms with Crippen LogP contribution in [-0.4, -0.2) is 33.3 Å². The molecular formula is C15H23BrN2O. The van der Waals surface area contributed by atoms with Crippen LogP contribution >= 0.6 is 15.9 Å². The van der Waals surface area contributed by atoms with Gasteiger partial charge in [-0.3, -0.25) is 0 Å². The van der Waals surface area contributed by atoms with Gasteiger partial charge < -0.3 is 15.0 Å². The predicted octanol–water partition coefficient (Wildman–Crippen LogP) is 3.28. The molecule has 1 aromatic rings. The third-order valence-electron chi connectivity index (χ3n) is 3.63. The molecule has 1 fully saturated rings. The van der Waals surface area contributed by atoms with Crippen LogP contribution in [0.3, 0.4) is 0 Å². The number of halogens is 1. The number of methoxy groups -OCH3 is 1. The molecule has 106 valence electrons. The number of anilines is 1. The van der Waals surface area contributed by atoms with Crippen molar-refractivity contribution in [3.8, 4) is 5.75 Å². The zero-order valence-corrected chi connectivity index (χ0v) is 13.4. The van der Waals surface area contributed by atoms with Crippen LogP contribution in [0.2, 0.25) is 0 Å². The van der Waals surface area contributed by atoms with Crippen molar-refractivity contribution in [3.05, 3.63) is 22.7 Å². The number of hydrogen-bond donors (Lipinski definition) is 1. The number of nitrogens with one attached hydrogen (secondary N) is 1. The van der Waals surface area contributed by atoms with Gasteiger partial charge in [0.25, 0.3) is 0 Å². The van der Waals surface area contributed by atoms with Crippen molar-refractivity contribution in [1.29, 1.82) is 0 Å². The molecular weight excluding hydrogens is 304 g/mol. The molecule has 1 unspecified atom stereocenters. The lowest BCUT2D eigenvalue weighted by molar-refractivity contribution is 0.414. The molecule has 2 rings (SSSR count). The minimum absolute atomic E-state index is 0.746. The van der Waals surface area contributed by atoms with E-state index in [1.807, 2.05) is 12.1 Å². The molecule has 0 spiro atoms. The van der Waals surface area contributed by atoms with Crippen molar-refractivity contribution in [2.75, 3.05) is 38.2 Å². The van der Waals surface area contributed by atoms with Crippen molar-refractivity contribution in [1.82, 2.24) is 5.32 Å². The van der Waals surface area contributed by atoms with Gasteiger partial charge in [0.1, 0.15) is 5.75 Å². The molecule has 0 bridgehead atoms. The SMILES string of the molecule is CCCNCC1CCN(c2cc(Br)ccc2OC)C1. The summed E-state index contributed by atoms with van der Waals surface area (Å²) in [6.45, 7) is 6.69. The van der Waals surface area contributed by atoms with Gasteiger partial charge in [-0.15, -0.1) is 0 Å². The normalized spacial score (nSPS) is 18.9. The molecule has 1 aliphatic heterocycles. The van der Waals surface area contributed by atoms with Gasteiger partial charge in [0.05, 0.1) is 12.8 Å². The Morgan fingerprint density at radius 3 is 3.05 bits per heavy atom. The second-order valence-electron chi connectivity index (χ2n) is 5.12. The van der Waals surface area contributed by atoms with Crippen LogP contribution < -0.4 is 15.0 Å². The van der Waals surface area contributed by atoms with Gasteiger partial charge in [-0.05, 0) is 50.0 Å². The molecule has 0 aliphatic carbocycles. The van der Waals surface area contributed by atoms with Crippen LogP contribution in [-0.2, 0) is 0 Å². The molecule has 1 aliphatic rings. The van der Waals surface area contributed by atoms with Crippen molar-refractivity contribution in [2.24, 2.45) is 5.92 Å². The summed E-state index contributed by atoms with van der Waals surface area (Å²) in [5, 5.41) is 3.52. The molecule has 0 aromatic heterocycles. The van der Waals surface area contributed by atoms with Gasteiger partial charge in [-0.2, -0.15) is 0 Å². The van der Waals surface area contributed by atoms with Crippen LogP contribution in [0.1, 0.15) is 19.8 Å². The third kappa shape index (κ3) is 3.86. The summed E-state index contributed by atoms with van der Waals surface area (Å²) in [7, 11) is 1.74. The van der Waals surface area contributed by atoms with Gasteiger partial charge in [0.2, 0.25) is 0 Å². The van der Waals surface area contributed by atoms with E-state index in [1.165, 1.54) is 18.5 Å². The van der Waals surface area contributed by atoms with Crippen LogP contribution in [0.25, 0.3) is 0 Å². The Labute approximate surface area is 124 Å². The number of benzene rings is 1. The van der Waals surface area contributed by atoms with E-state index in [9.17, 15) is 0 Å². The molecule has 19 heavy (non-hydrogen) atoms. The Morgan fingerprint density at radius 2 is 2.32 bits per heavy atom. The molecule has 0 saturated carbocycles. The third-order valence-corrected chi connectivity index (χ3v) is 4.12. The lowest BCUT2D eigenvalue weighted by Gasteiger charge is -2.21. The van der Waals surface area contributed by atoms with E-state index < -0.39 is 0 Å². The average Bonchev–Trinajstić information content (AvgIpc) is 2.88. The number of ether oxygens (including phenoxy) is 1. The standard InChI is InChI=1S/C15H23BrN2O/c1-3-7-17-10-12-6-8-18(11-12)14-9-13(16)4-5-15(14)19-2/h4-5,9,12,17H,3,6-8,10-11H2,1-2H3. The Balaban J connectivity index is 1.98. The monoisotopic (exact) mass is 326 g/mol. The Kier molecular flexibility index (Phi) is 5.52. The van der Waals surface area contributed by atoms with Crippen molar-refractivity contribution in [2.45, 2.75) is 19.8 Å². The van der Waals surface area contributed by atoms with Crippen LogP contribution in [0.4, 0.5) is 5.69 Å². The summed E-state index contributed by atoms with van der Waals surface area (Å²) in [5.41, 5.74) is 1.20. The fourth-order valence-electron chi connectivity index (χ4n) is 2.61. The molecule has 1 atom stereocenters. The highest BCUT2D eigenvalue weighted by Gasteiger charge is 2.24. The molecule has 0 radical (unpaired) electrons. The van der Waals surface area contributed by atoms with E-state index in [1.54, 1.807) is 7.11 Å². The molecule has 1 N–H and O–H groups in total. The minimum Gasteiger partial charge on any atom is -0.495 e. The van der Waals surface area contributed by atoms with Gasteiger partial charge in [0, 0.05) is 17.6 Å². The lowest BCUT2D eigenvalue weighted by atomic mass is 10.1. The maximum Gasteiger partial charge on any atom is 0.142 e. The van der Waals surface area contributed by atoms with Gasteiger partial charge in [-0.25, -0.2) is 0 Å². The summed E-state index contributed by atoms with van der Waals surface area (Å²) < 4.78 is 6.58. The lowest BCUT2D eigenvalue weighted by Crippen LogP contribution is -2.27. The quantitative estimate of drug-likeness (QED) is 0.812. The number of hydrogen-bond acceptors (Lipinski definition) is 3. The Morgan fingerprint density at radius 1 is 1.47 bits per heavy atom. The second kappa shape index (κ2) is 7.15. The zero-order chi connectivity index (χ0) is 13.7. The Hall–Kier alpha value is -0.740. The fourth-order valence-corrected chi connectivity index (χ4v) is 2.96. The maximum atomic E-state index is 5.47. The van der Waals surface area contributed by atoms with Gasteiger partial charge in [0.15, 0.2) is 0 Å². The van der Waals surface area contributed by atoms with Crippen LogP contribution in [0.5, 0.6) is 5.75 Å². The van der Waals surface area contributed by atoms with Gasteiger partial charge >= 0.3 is 0 Å². The largest absolute Gasteiger partial charge is 0.495 e. The van der Waals surface area contributed by atoms with Crippen molar-refractivity contribution in [3.63, 3.8) is 0 Å². The summed E-state index contributed by atoms with van der Waals surface area (Å²) >= 11 is 3.54. The molecule has 1 heterocycles. The molecule has 1 aromatic carbocycles. The topological polar surface area (TPSA) is 24.5 Å². The highest BCUT2D eigenvalue weighted by Crippen LogP contribution is 2.34. The zero-order valence-electron chi connectivity index (χ0n) is 11.8. The summed E-state index contributed by atoms with van der Waals surface area (Å²) in [6.07, 6.45) is 2.46. The first-order chi connectivity index (χ1) is 9.24. The number of rotatable bonds is 6. The highest BCUT2D eigenvalue weighted by molar-refractivity contribution is 9.10. The summed E-state index contributed by atoms with van der Waals surface area (Å²) in [5.74, 6) is 1.71. The van der Waals surface area contributed by atoms with Crippen LogP contribution in [0, 0.1) is 5.92 Å². The molecule has 3 nitrogen and oxygen atoms in total. The smallest absolute Gasteiger partial charge is 0.142 e. The first kappa shape index (κ1) is 14.7. The average molecular weight is 327 g/mol. The predicted molar refractivity (Wildman–Crippen MR) is 84.2 cm³/mol.